The molecule has 0 bridgehead atoms. The molecule has 5 heteroatoms. The molecular weight excluding hydrogens is 228 g/mol. The Balaban J connectivity index is 1.85. The zero-order chi connectivity index (χ0) is 12.6. The van der Waals surface area contributed by atoms with Crippen molar-refractivity contribution in [1.82, 2.24) is 14.9 Å². The standard InChI is InChI=1S/C13H20N4O/c1-17-5-3-10(6-17)11-2-4-15-12(16-11)13(7-14)8-18-9-13/h2,4,10H,3,5-9,14H2,1H3. The lowest BCUT2D eigenvalue weighted by molar-refractivity contribution is -0.0595. The summed E-state index contributed by atoms with van der Waals surface area (Å²) in [5.41, 5.74) is 6.88. The van der Waals surface area contributed by atoms with E-state index < -0.39 is 0 Å². The minimum atomic E-state index is -0.138. The van der Waals surface area contributed by atoms with E-state index in [1.165, 1.54) is 6.42 Å². The second-order valence-corrected chi connectivity index (χ2v) is 5.53. The van der Waals surface area contributed by atoms with Gasteiger partial charge >= 0.3 is 0 Å². The van der Waals surface area contributed by atoms with Gasteiger partial charge in [-0.25, -0.2) is 9.97 Å². The molecule has 0 aromatic carbocycles. The highest BCUT2D eigenvalue weighted by atomic mass is 16.5. The predicted molar refractivity (Wildman–Crippen MR) is 68.4 cm³/mol. The highest BCUT2D eigenvalue weighted by Gasteiger charge is 2.42. The van der Waals surface area contributed by atoms with Gasteiger partial charge in [0.25, 0.3) is 0 Å². The Bertz CT molecular complexity index is 427. The lowest BCUT2D eigenvalue weighted by Gasteiger charge is -2.39. The zero-order valence-electron chi connectivity index (χ0n) is 10.8. The van der Waals surface area contributed by atoms with Crippen LogP contribution in [0.5, 0.6) is 0 Å². The van der Waals surface area contributed by atoms with Crippen LogP contribution < -0.4 is 5.73 Å². The second kappa shape index (κ2) is 4.57. The van der Waals surface area contributed by atoms with Crippen molar-refractivity contribution >= 4 is 0 Å². The van der Waals surface area contributed by atoms with Gasteiger partial charge in [0.1, 0.15) is 5.82 Å². The summed E-state index contributed by atoms with van der Waals surface area (Å²) in [5.74, 6) is 1.40. The van der Waals surface area contributed by atoms with Crippen LogP contribution in [0, 0.1) is 0 Å². The van der Waals surface area contributed by atoms with Gasteiger partial charge in [0.15, 0.2) is 0 Å². The summed E-state index contributed by atoms with van der Waals surface area (Å²) in [4.78, 5) is 11.5. The minimum Gasteiger partial charge on any atom is -0.379 e. The van der Waals surface area contributed by atoms with Crippen LogP contribution in [0.2, 0.25) is 0 Å². The van der Waals surface area contributed by atoms with Gasteiger partial charge in [-0.3, -0.25) is 0 Å². The fourth-order valence-electron chi connectivity index (χ4n) is 2.72. The largest absolute Gasteiger partial charge is 0.379 e. The van der Waals surface area contributed by atoms with Gasteiger partial charge in [-0.15, -0.1) is 0 Å². The van der Waals surface area contributed by atoms with E-state index in [4.69, 9.17) is 15.5 Å². The van der Waals surface area contributed by atoms with E-state index in [9.17, 15) is 0 Å². The van der Waals surface area contributed by atoms with Gasteiger partial charge in [-0.1, -0.05) is 0 Å². The lowest BCUT2D eigenvalue weighted by Crippen LogP contribution is -2.53. The molecule has 18 heavy (non-hydrogen) atoms. The summed E-state index contributed by atoms with van der Waals surface area (Å²) in [6.45, 7) is 4.09. The summed E-state index contributed by atoms with van der Waals surface area (Å²) in [5, 5.41) is 0. The third-order valence-electron chi connectivity index (χ3n) is 4.11. The van der Waals surface area contributed by atoms with Gasteiger partial charge in [0.2, 0.25) is 0 Å². The molecule has 1 unspecified atom stereocenters. The number of hydrogen-bond donors (Lipinski definition) is 1. The van der Waals surface area contributed by atoms with Crippen LogP contribution in [0.15, 0.2) is 12.3 Å². The van der Waals surface area contributed by atoms with Crippen molar-refractivity contribution in [3.8, 4) is 0 Å². The first kappa shape index (κ1) is 12.0. The van der Waals surface area contributed by atoms with Gasteiger partial charge in [0.05, 0.1) is 18.6 Å². The monoisotopic (exact) mass is 248 g/mol. The molecule has 0 amide bonds. The Labute approximate surface area is 107 Å². The highest BCUT2D eigenvalue weighted by Crippen LogP contribution is 2.30. The topological polar surface area (TPSA) is 64.3 Å². The van der Waals surface area contributed by atoms with Crippen LogP contribution in [-0.4, -0.2) is 54.8 Å². The first-order valence-electron chi connectivity index (χ1n) is 6.53. The van der Waals surface area contributed by atoms with E-state index in [0.29, 0.717) is 25.7 Å². The number of hydrogen-bond acceptors (Lipinski definition) is 5. The molecule has 3 heterocycles. The number of rotatable bonds is 3. The Hall–Kier alpha value is -1.04. The van der Waals surface area contributed by atoms with E-state index in [0.717, 1.165) is 24.6 Å². The molecule has 2 aliphatic heterocycles. The zero-order valence-corrected chi connectivity index (χ0v) is 10.8. The maximum absolute atomic E-state index is 5.86. The normalized spacial score (nSPS) is 27.1. The molecule has 0 radical (unpaired) electrons. The number of likely N-dealkylation sites (N-methyl/N-ethyl adjacent to an activating group) is 1. The van der Waals surface area contributed by atoms with Crippen molar-refractivity contribution in [1.29, 1.82) is 0 Å². The number of nitrogens with zero attached hydrogens (tertiary/aromatic N) is 3. The van der Waals surface area contributed by atoms with Crippen molar-refractivity contribution in [2.45, 2.75) is 17.8 Å². The molecule has 3 rings (SSSR count). The number of likely N-dealkylation sites (tertiary alicyclic amines) is 1. The van der Waals surface area contributed by atoms with Crippen molar-refractivity contribution in [3.63, 3.8) is 0 Å². The average Bonchev–Trinajstić information content (AvgIpc) is 2.76. The van der Waals surface area contributed by atoms with Crippen LogP contribution in [0.25, 0.3) is 0 Å². The second-order valence-electron chi connectivity index (χ2n) is 5.53. The predicted octanol–water partition coefficient (Wildman–Crippen LogP) is 0.122. The average molecular weight is 248 g/mol. The molecule has 2 fully saturated rings. The molecule has 0 aliphatic carbocycles. The first-order valence-corrected chi connectivity index (χ1v) is 6.53. The molecule has 98 valence electrons. The maximum Gasteiger partial charge on any atom is 0.140 e. The smallest absolute Gasteiger partial charge is 0.140 e. The van der Waals surface area contributed by atoms with Crippen LogP contribution in [0.3, 0.4) is 0 Å². The van der Waals surface area contributed by atoms with Crippen molar-refractivity contribution in [3.05, 3.63) is 23.8 Å². The van der Waals surface area contributed by atoms with E-state index in [-0.39, 0.29) is 5.41 Å². The van der Waals surface area contributed by atoms with Crippen molar-refractivity contribution in [2.24, 2.45) is 5.73 Å². The third kappa shape index (κ3) is 1.92. The van der Waals surface area contributed by atoms with Crippen LogP contribution >= 0.6 is 0 Å². The Morgan fingerprint density at radius 1 is 1.56 bits per heavy atom. The van der Waals surface area contributed by atoms with E-state index in [1.54, 1.807) is 0 Å². The van der Waals surface area contributed by atoms with Gasteiger partial charge < -0.3 is 15.4 Å². The van der Waals surface area contributed by atoms with Gasteiger partial charge in [-0.2, -0.15) is 0 Å². The third-order valence-corrected chi connectivity index (χ3v) is 4.11. The molecule has 1 atom stereocenters. The number of nitrogens with two attached hydrogens (primary N) is 1. The lowest BCUT2D eigenvalue weighted by atomic mass is 9.85. The first-order chi connectivity index (χ1) is 8.73. The summed E-state index contributed by atoms with van der Waals surface area (Å²) in [6, 6.07) is 2.04. The number of ether oxygens (including phenoxy) is 1. The minimum absolute atomic E-state index is 0.138. The van der Waals surface area contributed by atoms with E-state index in [1.807, 2.05) is 12.3 Å². The molecule has 2 aliphatic rings. The van der Waals surface area contributed by atoms with Crippen LogP contribution in [-0.2, 0) is 10.2 Å². The molecule has 2 saturated heterocycles. The Morgan fingerprint density at radius 3 is 2.94 bits per heavy atom. The van der Waals surface area contributed by atoms with E-state index >= 15 is 0 Å². The molecular formula is C13H20N4O. The van der Waals surface area contributed by atoms with Crippen molar-refractivity contribution < 1.29 is 4.74 Å². The molecule has 1 aromatic heterocycles. The summed E-state index contributed by atoms with van der Waals surface area (Å²) < 4.78 is 5.30. The molecule has 5 nitrogen and oxygen atoms in total. The van der Waals surface area contributed by atoms with Crippen molar-refractivity contribution in [2.75, 3.05) is 39.9 Å². The van der Waals surface area contributed by atoms with Crippen LogP contribution in [0.4, 0.5) is 0 Å². The van der Waals surface area contributed by atoms with E-state index in [2.05, 4.69) is 16.9 Å². The molecule has 0 saturated carbocycles. The fraction of sp³-hybridized carbons (Fsp3) is 0.692. The Kier molecular flexibility index (Phi) is 3.05. The fourth-order valence-corrected chi connectivity index (χ4v) is 2.72. The summed E-state index contributed by atoms with van der Waals surface area (Å²) in [7, 11) is 2.16. The number of aromatic nitrogens is 2. The molecule has 1 aromatic rings. The van der Waals surface area contributed by atoms with Gasteiger partial charge in [0, 0.05) is 30.9 Å². The SMILES string of the molecule is CN1CCC(c2ccnc(C3(CN)COC3)n2)C1. The maximum atomic E-state index is 5.86. The molecule has 2 N–H and O–H groups in total. The van der Waals surface area contributed by atoms with Gasteiger partial charge in [-0.05, 0) is 26.1 Å². The highest BCUT2D eigenvalue weighted by molar-refractivity contribution is 5.19. The Morgan fingerprint density at radius 2 is 2.39 bits per heavy atom. The quantitative estimate of drug-likeness (QED) is 0.823. The summed E-state index contributed by atoms with van der Waals surface area (Å²) >= 11 is 0. The summed E-state index contributed by atoms with van der Waals surface area (Å²) in [6.07, 6.45) is 3.05. The van der Waals surface area contributed by atoms with Crippen LogP contribution in [0.1, 0.15) is 23.9 Å². The molecule has 0 spiro atoms.